The summed E-state index contributed by atoms with van der Waals surface area (Å²) in [5.74, 6) is 1.43. The monoisotopic (exact) mass is 253 g/mol. The van der Waals surface area contributed by atoms with E-state index < -0.39 is 10.8 Å². The SMILES string of the molecule is Cc1cc(C)cc(CS(=O)CCCC(C)N)c1. The fourth-order valence-corrected chi connectivity index (χ4v) is 3.15. The molecule has 96 valence electrons. The van der Waals surface area contributed by atoms with Gasteiger partial charge in [-0.05, 0) is 39.2 Å². The Labute approximate surface area is 107 Å². The molecule has 0 heterocycles. The summed E-state index contributed by atoms with van der Waals surface area (Å²) in [5.41, 5.74) is 9.34. The molecular formula is C14H23NOS. The van der Waals surface area contributed by atoms with E-state index >= 15 is 0 Å². The molecule has 0 radical (unpaired) electrons. The van der Waals surface area contributed by atoms with Crippen molar-refractivity contribution in [1.29, 1.82) is 0 Å². The highest BCUT2D eigenvalue weighted by Gasteiger charge is 2.04. The molecule has 3 heteroatoms. The van der Waals surface area contributed by atoms with Crippen molar-refractivity contribution in [3.8, 4) is 0 Å². The van der Waals surface area contributed by atoms with Gasteiger partial charge in [0.05, 0.1) is 0 Å². The normalized spacial score (nSPS) is 14.6. The van der Waals surface area contributed by atoms with Gasteiger partial charge in [-0.3, -0.25) is 4.21 Å². The molecule has 0 aliphatic carbocycles. The third kappa shape index (κ3) is 5.99. The second-order valence-corrected chi connectivity index (χ2v) is 6.48. The molecule has 0 amide bonds. The first-order chi connectivity index (χ1) is 7.97. The van der Waals surface area contributed by atoms with Crippen LogP contribution in [0.2, 0.25) is 0 Å². The van der Waals surface area contributed by atoms with Gasteiger partial charge >= 0.3 is 0 Å². The van der Waals surface area contributed by atoms with E-state index in [9.17, 15) is 4.21 Å². The second-order valence-electron chi connectivity index (χ2n) is 4.90. The van der Waals surface area contributed by atoms with E-state index in [2.05, 4.69) is 32.0 Å². The van der Waals surface area contributed by atoms with Gasteiger partial charge in [-0.2, -0.15) is 0 Å². The molecule has 1 rings (SSSR count). The molecule has 0 bridgehead atoms. The molecule has 0 spiro atoms. The number of hydrogen-bond acceptors (Lipinski definition) is 2. The molecule has 1 aromatic carbocycles. The zero-order valence-corrected chi connectivity index (χ0v) is 11.8. The van der Waals surface area contributed by atoms with Gasteiger partial charge in [-0.1, -0.05) is 29.3 Å². The highest BCUT2D eigenvalue weighted by molar-refractivity contribution is 7.84. The van der Waals surface area contributed by atoms with E-state index in [-0.39, 0.29) is 6.04 Å². The Morgan fingerprint density at radius 3 is 2.35 bits per heavy atom. The van der Waals surface area contributed by atoms with Gasteiger partial charge in [0.2, 0.25) is 0 Å². The number of nitrogens with two attached hydrogens (primary N) is 1. The summed E-state index contributed by atoms with van der Waals surface area (Å²) in [7, 11) is -0.760. The molecule has 0 aliphatic heterocycles. The molecule has 2 nitrogen and oxygen atoms in total. The van der Waals surface area contributed by atoms with Gasteiger partial charge in [-0.15, -0.1) is 0 Å². The maximum atomic E-state index is 11.9. The minimum atomic E-state index is -0.760. The van der Waals surface area contributed by atoms with Crippen molar-refractivity contribution in [3.63, 3.8) is 0 Å². The fourth-order valence-electron chi connectivity index (χ4n) is 1.98. The molecule has 0 fully saturated rings. The van der Waals surface area contributed by atoms with E-state index in [0.717, 1.165) is 18.6 Å². The summed E-state index contributed by atoms with van der Waals surface area (Å²) in [6.45, 7) is 6.15. The van der Waals surface area contributed by atoms with Crippen molar-refractivity contribution >= 4 is 10.8 Å². The standard InChI is InChI=1S/C14H23NOS/c1-11-7-12(2)9-14(8-11)10-17(16)6-4-5-13(3)15/h7-9,13H,4-6,10,15H2,1-3H3. The molecule has 17 heavy (non-hydrogen) atoms. The maximum Gasteiger partial charge on any atom is 0.0485 e. The van der Waals surface area contributed by atoms with Crippen LogP contribution in [-0.2, 0) is 16.6 Å². The molecule has 2 unspecified atom stereocenters. The summed E-state index contributed by atoms with van der Waals surface area (Å²) >= 11 is 0. The Kier molecular flexibility index (Phi) is 5.86. The predicted molar refractivity (Wildman–Crippen MR) is 75.5 cm³/mol. The summed E-state index contributed by atoms with van der Waals surface area (Å²) in [4.78, 5) is 0. The molecule has 1 aromatic rings. The Bertz CT molecular complexity index is 368. The van der Waals surface area contributed by atoms with E-state index in [1.165, 1.54) is 16.7 Å². The summed E-state index contributed by atoms with van der Waals surface area (Å²) in [6, 6.07) is 6.60. The summed E-state index contributed by atoms with van der Waals surface area (Å²) in [6.07, 6.45) is 1.91. The number of benzene rings is 1. The van der Waals surface area contributed by atoms with Crippen molar-refractivity contribution in [1.82, 2.24) is 0 Å². The van der Waals surface area contributed by atoms with Gasteiger partial charge in [0, 0.05) is 28.3 Å². The molecule has 0 saturated carbocycles. The zero-order chi connectivity index (χ0) is 12.8. The van der Waals surface area contributed by atoms with Crippen molar-refractivity contribution in [2.75, 3.05) is 5.75 Å². The molecule has 0 aromatic heterocycles. The van der Waals surface area contributed by atoms with Crippen molar-refractivity contribution in [2.24, 2.45) is 5.73 Å². The highest BCUT2D eigenvalue weighted by atomic mass is 32.2. The highest BCUT2D eigenvalue weighted by Crippen LogP contribution is 2.11. The molecule has 2 N–H and O–H groups in total. The molecule has 0 saturated heterocycles. The smallest absolute Gasteiger partial charge is 0.0485 e. The quantitative estimate of drug-likeness (QED) is 0.847. The van der Waals surface area contributed by atoms with Crippen LogP contribution in [0, 0.1) is 13.8 Å². The lowest BCUT2D eigenvalue weighted by Gasteiger charge is -2.07. The fraction of sp³-hybridized carbons (Fsp3) is 0.571. The number of aryl methyl sites for hydroxylation is 2. The van der Waals surface area contributed by atoms with Crippen LogP contribution in [0.25, 0.3) is 0 Å². The third-order valence-electron chi connectivity index (χ3n) is 2.64. The summed E-state index contributed by atoms with van der Waals surface area (Å²) < 4.78 is 11.9. The van der Waals surface area contributed by atoms with Gasteiger partial charge in [0.1, 0.15) is 0 Å². The average Bonchev–Trinajstić information content (AvgIpc) is 2.14. The van der Waals surface area contributed by atoms with Crippen LogP contribution in [-0.4, -0.2) is 16.0 Å². The van der Waals surface area contributed by atoms with Gasteiger partial charge in [0.15, 0.2) is 0 Å². The van der Waals surface area contributed by atoms with Crippen LogP contribution in [0.4, 0.5) is 0 Å². The van der Waals surface area contributed by atoms with Crippen LogP contribution >= 0.6 is 0 Å². The van der Waals surface area contributed by atoms with Crippen LogP contribution in [0.3, 0.4) is 0 Å². The maximum absolute atomic E-state index is 11.9. The molecule has 0 aliphatic rings. The minimum absolute atomic E-state index is 0.216. The van der Waals surface area contributed by atoms with E-state index in [1.54, 1.807) is 0 Å². The predicted octanol–water partition coefficient (Wildman–Crippen LogP) is 2.68. The van der Waals surface area contributed by atoms with Crippen LogP contribution in [0.1, 0.15) is 36.5 Å². The van der Waals surface area contributed by atoms with Crippen molar-refractivity contribution in [2.45, 2.75) is 45.4 Å². The second kappa shape index (κ2) is 6.92. The Balaban J connectivity index is 2.45. The van der Waals surface area contributed by atoms with Gasteiger partial charge < -0.3 is 5.73 Å². The van der Waals surface area contributed by atoms with E-state index in [1.807, 2.05) is 6.92 Å². The minimum Gasteiger partial charge on any atom is -0.328 e. The Hall–Kier alpha value is -0.670. The molecular weight excluding hydrogens is 230 g/mol. The topological polar surface area (TPSA) is 43.1 Å². The summed E-state index contributed by atoms with van der Waals surface area (Å²) in [5, 5.41) is 0. The first-order valence-electron chi connectivity index (χ1n) is 6.15. The lowest BCUT2D eigenvalue weighted by molar-refractivity contribution is 0.643. The van der Waals surface area contributed by atoms with Crippen LogP contribution in [0.15, 0.2) is 18.2 Å². The average molecular weight is 253 g/mol. The Morgan fingerprint density at radius 1 is 1.24 bits per heavy atom. The third-order valence-corrected chi connectivity index (χ3v) is 4.04. The van der Waals surface area contributed by atoms with Crippen LogP contribution < -0.4 is 5.73 Å². The van der Waals surface area contributed by atoms with Gasteiger partial charge in [0.25, 0.3) is 0 Å². The zero-order valence-electron chi connectivity index (χ0n) is 11.0. The van der Waals surface area contributed by atoms with E-state index in [0.29, 0.717) is 5.75 Å². The van der Waals surface area contributed by atoms with E-state index in [4.69, 9.17) is 5.73 Å². The largest absolute Gasteiger partial charge is 0.328 e. The van der Waals surface area contributed by atoms with Crippen molar-refractivity contribution < 1.29 is 4.21 Å². The number of rotatable bonds is 6. The lowest BCUT2D eigenvalue weighted by atomic mass is 10.1. The van der Waals surface area contributed by atoms with Crippen LogP contribution in [0.5, 0.6) is 0 Å². The first-order valence-corrected chi connectivity index (χ1v) is 7.64. The van der Waals surface area contributed by atoms with Gasteiger partial charge in [-0.25, -0.2) is 0 Å². The lowest BCUT2D eigenvalue weighted by Crippen LogP contribution is -2.15. The Morgan fingerprint density at radius 2 is 1.82 bits per heavy atom. The number of hydrogen-bond donors (Lipinski definition) is 1. The first kappa shape index (κ1) is 14.4. The van der Waals surface area contributed by atoms with Crippen molar-refractivity contribution in [3.05, 3.63) is 34.9 Å². The molecule has 2 atom stereocenters.